The van der Waals surface area contributed by atoms with Crippen LogP contribution >= 0.6 is 0 Å². The fourth-order valence-corrected chi connectivity index (χ4v) is 1.83. The molecule has 0 saturated carbocycles. The standard InChI is InChI=1S/C11H10FN5/c12-8-5-16-11(17-9(8)13)7-4-15-10-6(7)2-1-3-14-10/h1-5,10,14-15H,(H2,13,16,17)/t10-/m0/s1. The number of rotatable bonds is 1. The number of nitrogens with zero attached hydrogens (tertiary/aromatic N) is 2. The molecule has 0 spiro atoms. The summed E-state index contributed by atoms with van der Waals surface area (Å²) in [6.45, 7) is 0. The third-order valence-corrected chi connectivity index (χ3v) is 2.66. The normalized spacial score (nSPS) is 21.1. The second-order valence-electron chi connectivity index (χ2n) is 3.73. The van der Waals surface area contributed by atoms with E-state index in [4.69, 9.17) is 5.73 Å². The minimum atomic E-state index is -0.604. The maximum Gasteiger partial charge on any atom is 0.183 e. The molecule has 3 heterocycles. The summed E-state index contributed by atoms with van der Waals surface area (Å²) in [6, 6.07) is 0. The second kappa shape index (κ2) is 3.58. The lowest BCUT2D eigenvalue weighted by atomic mass is 10.0. The van der Waals surface area contributed by atoms with Crippen molar-refractivity contribution in [3.63, 3.8) is 0 Å². The molecule has 0 saturated heterocycles. The van der Waals surface area contributed by atoms with Crippen molar-refractivity contribution in [3.05, 3.63) is 48.0 Å². The summed E-state index contributed by atoms with van der Waals surface area (Å²) in [7, 11) is 0. The highest BCUT2D eigenvalue weighted by Crippen LogP contribution is 2.28. The average molecular weight is 231 g/mol. The van der Waals surface area contributed by atoms with Crippen LogP contribution < -0.4 is 16.4 Å². The molecular weight excluding hydrogens is 221 g/mol. The maximum absolute atomic E-state index is 13.0. The zero-order valence-electron chi connectivity index (χ0n) is 8.81. The Morgan fingerprint density at radius 1 is 1.35 bits per heavy atom. The molecule has 0 unspecified atom stereocenters. The fourth-order valence-electron chi connectivity index (χ4n) is 1.83. The smallest absolute Gasteiger partial charge is 0.183 e. The van der Waals surface area contributed by atoms with Gasteiger partial charge in [-0.1, -0.05) is 6.08 Å². The zero-order valence-corrected chi connectivity index (χ0v) is 8.81. The van der Waals surface area contributed by atoms with Gasteiger partial charge >= 0.3 is 0 Å². The summed E-state index contributed by atoms with van der Waals surface area (Å²) in [6.07, 6.45) is 8.58. The molecule has 0 aliphatic carbocycles. The highest BCUT2D eigenvalue weighted by molar-refractivity contribution is 5.80. The van der Waals surface area contributed by atoms with Crippen molar-refractivity contribution in [3.8, 4) is 0 Å². The lowest BCUT2D eigenvalue weighted by molar-refractivity contribution is 0.618. The molecule has 0 aromatic carbocycles. The Bertz CT molecular complexity index is 561. The van der Waals surface area contributed by atoms with Gasteiger partial charge in [-0.3, -0.25) is 0 Å². The van der Waals surface area contributed by atoms with Crippen molar-refractivity contribution in [2.45, 2.75) is 6.17 Å². The summed E-state index contributed by atoms with van der Waals surface area (Å²) in [5, 5.41) is 6.27. The number of hydrogen-bond donors (Lipinski definition) is 3. The van der Waals surface area contributed by atoms with Gasteiger partial charge in [0.25, 0.3) is 0 Å². The molecule has 0 amide bonds. The number of allylic oxidation sites excluding steroid dienone is 2. The first kappa shape index (κ1) is 9.83. The molecule has 17 heavy (non-hydrogen) atoms. The average Bonchev–Trinajstić information content (AvgIpc) is 2.76. The molecule has 0 bridgehead atoms. The predicted octanol–water partition coefficient (Wildman–Crippen LogP) is 0.511. The Hall–Kier alpha value is -2.37. The van der Waals surface area contributed by atoms with Gasteiger partial charge in [0.2, 0.25) is 0 Å². The van der Waals surface area contributed by atoms with Crippen molar-refractivity contribution in [2.75, 3.05) is 5.73 Å². The van der Waals surface area contributed by atoms with Gasteiger partial charge in [-0.2, -0.15) is 0 Å². The second-order valence-corrected chi connectivity index (χ2v) is 3.73. The molecule has 1 aromatic heterocycles. The molecule has 86 valence electrons. The fraction of sp³-hybridized carbons (Fsp3) is 0.0909. The Balaban J connectivity index is 2.02. The molecule has 3 rings (SSSR count). The van der Waals surface area contributed by atoms with Gasteiger partial charge in [0.1, 0.15) is 6.17 Å². The molecule has 4 N–H and O–H groups in total. The lowest BCUT2D eigenvalue weighted by Crippen LogP contribution is -2.35. The number of nitrogens with two attached hydrogens (primary N) is 1. The number of fused-ring (bicyclic) bond motifs is 1. The summed E-state index contributed by atoms with van der Waals surface area (Å²) >= 11 is 0. The van der Waals surface area contributed by atoms with E-state index in [0.717, 1.165) is 17.3 Å². The molecule has 5 nitrogen and oxygen atoms in total. The zero-order chi connectivity index (χ0) is 11.8. The van der Waals surface area contributed by atoms with Gasteiger partial charge < -0.3 is 16.4 Å². The van der Waals surface area contributed by atoms with E-state index in [1.54, 1.807) is 6.20 Å². The van der Waals surface area contributed by atoms with Crippen LogP contribution in [0.25, 0.3) is 5.57 Å². The summed E-state index contributed by atoms with van der Waals surface area (Å²) in [4.78, 5) is 7.88. The SMILES string of the molecule is Nc1nc(C2=CN[C@@H]3NC=CC=C23)ncc1F. The van der Waals surface area contributed by atoms with E-state index in [-0.39, 0.29) is 12.0 Å². The quantitative estimate of drug-likeness (QED) is 0.656. The molecule has 2 aliphatic rings. The van der Waals surface area contributed by atoms with Gasteiger partial charge in [-0.15, -0.1) is 0 Å². The molecule has 6 heteroatoms. The first-order valence-corrected chi connectivity index (χ1v) is 5.13. The van der Waals surface area contributed by atoms with Crippen LogP contribution in [0.1, 0.15) is 5.82 Å². The molecule has 1 aromatic rings. The Labute approximate surface area is 96.9 Å². The van der Waals surface area contributed by atoms with E-state index >= 15 is 0 Å². The molecule has 0 radical (unpaired) electrons. The van der Waals surface area contributed by atoms with E-state index in [2.05, 4.69) is 20.6 Å². The van der Waals surface area contributed by atoms with E-state index < -0.39 is 5.82 Å². The third kappa shape index (κ3) is 1.54. The van der Waals surface area contributed by atoms with Crippen LogP contribution in [0, 0.1) is 5.82 Å². The van der Waals surface area contributed by atoms with Crippen LogP contribution in [0.15, 0.2) is 36.3 Å². The predicted molar refractivity (Wildman–Crippen MR) is 61.7 cm³/mol. The van der Waals surface area contributed by atoms with Crippen LogP contribution in [-0.4, -0.2) is 16.1 Å². The van der Waals surface area contributed by atoms with E-state index in [0.29, 0.717) is 5.82 Å². The van der Waals surface area contributed by atoms with Crippen LogP contribution in [0.2, 0.25) is 0 Å². The van der Waals surface area contributed by atoms with Gasteiger partial charge in [-0.05, 0) is 12.3 Å². The monoisotopic (exact) mass is 231 g/mol. The van der Waals surface area contributed by atoms with Crippen LogP contribution in [0.5, 0.6) is 0 Å². The maximum atomic E-state index is 13.0. The van der Waals surface area contributed by atoms with Crippen molar-refractivity contribution < 1.29 is 4.39 Å². The molecule has 1 atom stereocenters. The van der Waals surface area contributed by atoms with Gasteiger partial charge in [0.15, 0.2) is 17.5 Å². The van der Waals surface area contributed by atoms with Gasteiger partial charge in [-0.25, -0.2) is 14.4 Å². The first-order valence-electron chi connectivity index (χ1n) is 5.13. The number of dihydropyridines is 1. The number of nitrogen functional groups attached to an aromatic ring is 1. The van der Waals surface area contributed by atoms with E-state index in [9.17, 15) is 4.39 Å². The summed E-state index contributed by atoms with van der Waals surface area (Å²) in [5.41, 5.74) is 7.26. The largest absolute Gasteiger partial charge is 0.381 e. The van der Waals surface area contributed by atoms with Crippen molar-refractivity contribution in [1.82, 2.24) is 20.6 Å². The van der Waals surface area contributed by atoms with Crippen LogP contribution in [-0.2, 0) is 0 Å². The number of aromatic nitrogens is 2. The minimum absolute atomic E-state index is 0.0184. The lowest BCUT2D eigenvalue weighted by Gasteiger charge is -2.17. The number of nitrogens with one attached hydrogen (secondary N) is 2. The van der Waals surface area contributed by atoms with E-state index in [1.165, 1.54) is 0 Å². The Kier molecular flexibility index (Phi) is 2.07. The van der Waals surface area contributed by atoms with Gasteiger partial charge in [0, 0.05) is 17.3 Å². The molecular formula is C11H10FN5. The number of anilines is 1. The van der Waals surface area contributed by atoms with Crippen LogP contribution in [0.4, 0.5) is 10.2 Å². The van der Waals surface area contributed by atoms with Crippen LogP contribution in [0.3, 0.4) is 0 Å². The summed E-state index contributed by atoms with van der Waals surface area (Å²) < 4.78 is 13.0. The number of hydrogen-bond acceptors (Lipinski definition) is 5. The third-order valence-electron chi connectivity index (χ3n) is 2.66. The van der Waals surface area contributed by atoms with Gasteiger partial charge in [0.05, 0.1) is 6.20 Å². The first-order chi connectivity index (χ1) is 8.25. The van der Waals surface area contributed by atoms with E-state index in [1.807, 2.05) is 18.4 Å². The van der Waals surface area contributed by atoms with Crippen molar-refractivity contribution >= 4 is 11.4 Å². The van der Waals surface area contributed by atoms with Crippen molar-refractivity contribution in [2.24, 2.45) is 0 Å². The highest BCUT2D eigenvalue weighted by atomic mass is 19.1. The minimum Gasteiger partial charge on any atom is -0.381 e. The molecule has 2 aliphatic heterocycles. The summed E-state index contributed by atoms with van der Waals surface area (Å²) in [5.74, 6) is -0.325. The highest BCUT2D eigenvalue weighted by Gasteiger charge is 2.25. The van der Waals surface area contributed by atoms with Crippen molar-refractivity contribution in [1.29, 1.82) is 0 Å². The topological polar surface area (TPSA) is 75.9 Å². The Morgan fingerprint density at radius 3 is 3.06 bits per heavy atom. The number of halogens is 1. The Morgan fingerprint density at radius 2 is 2.24 bits per heavy atom. The molecule has 0 fully saturated rings.